The van der Waals surface area contributed by atoms with Gasteiger partial charge in [0.2, 0.25) is 0 Å². The Morgan fingerprint density at radius 2 is 1.40 bits per heavy atom. The second-order valence-corrected chi connectivity index (χ2v) is 13.6. The molecule has 4 saturated carbocycles. The summed E-state index contributed by atoms with van der Waals surface area (Å²) in [7, 11) is 1.46. The molecule has 2 aromatic carbocycles. The zero-order valence-corrected chi connectivity index (χ0v) is 25.1. The van der Waals surface area contributed by atoms with Gasteiger partial charge in [-0.3, -0.25) is 4.79 Å². The van der Waals surface area contributed by atoms with E-state index in [9.17, 15) is 14.4 Å². The van der Waals surface area contributed by atoms with Crippen LogP contribution < -0.4 is 0 Å². The van der Waals surface area contributed by atoms with E-state index in [-0.39, 0.29) is 53.3 Å². The molecule has 4 aliphatic carbocycles. The molecule has 0 saturated heterocycles. The minimum atomic E-state index is -0.275. The molecule has 42 heavy (non-hydrogen) atoms. The van der Waals surface area contributed by atoms with Crippen molar-refractivity contribution in [3.63, 3.8) is 0 Å². The lowest BCUT2D eigenvalue weighted by atomic mass is 9.46. The molecule has 4 fully saturated rings. The largest absolute Gasteiger partial charge is 0.469 e. The monoisotopic (exact) mass is 572 g/mol. The van der Waals surface area contributed by atoms with Crippen LogP contribution in [-0.4, -0.2) is 37.2 Å². The van der Waals surface area contributed by atoms with Gasteiger partial charge in [-0.1, -0.05) is 50.2 Å². The van der Waals surface area contributed by atoms with E-state index >= 15 is 0 Å². The van der Waals surface area contributed by atoms with Crippen LogP contribution in [-0.2, 0) is 19.0 Å². The number of esters is 3. The van der Waals surface area contributed by atoms with Crippen LogP contribution >= 0.6 is 0 Å². The van der Waals surface area contributed by atoms with Gasteiger partial charge >= 0.3 is 17.9 Å². The Labute approximate surface area is 249 Å². The summed E-state index contributed by atoms with van der Waals surface area (Å²) in [5, 5.41) is 0. The number of carbonyl (C=O) groups is 3. The Bertz CT molecular complexity index is 1280. The first kappa shape index (κ1) is 28.9. The first-order valence-electron chi connectivity index (χ1n) is 15.9. The average Bonchev–Trinajstić information content (AvgIpc) is 3.47. The Hall–Kier alpha value is -3.15. The first-order chi connectivity index (χ1) is 20.3. The Morgan fingerprint density at radius 3 is 2.05 bits per heavy atom. The van der Waals surface area contributed by atoms with Gasteiger partial charge in [0.1, 0.15) is 12.2 Å². The zero-order valence-electron chi connectivity index (χ0n) is 25.1. The van der Waals surface area contributed by atoms with Crippen LogP contribution in [0.1, 0.15) is 85.9 Å². The summed E-state index contributed by atoms with van der Waals surface area (Å²) < 4.78 is 17.6. The summed E-state index contributed by atoms with van der Waals surface area (Å²) in [6.45, 7) is 4.43. The van der Waals surface area contributed by atoms with E-state index in [1.165, 1.54) is 7.11 Å². The number of benzene rings is 2. The molecule has 6 rings (SSSR count). The van der Waals surface area contributed by atoms with Crippen LogP contribution in [0.15, 0.2) is 60.7 Å². The smallest absolute Gasteiger partial charge is 0.338 e. The standard InChI is InChI=1S/C36H44O6/c1-22(33(37)40-3)27-16-17-29-28-15-14-25-20-26(41-34(38)23-10-6-4-7-11-23)18-19-36(25,2)30(28)21-31(32(27)29)42-35(39)24-12-8-5-9-13-24/h4-13,22,25-32H,14-21H2,1-3H3/t22?,25?,26-,27?,28?,29?,30?,31?,32?,36?/m1/s1. The molecule has 10 atom stereocenters. The van der Waals surface area contributed by atoms with Gasteiger partial charge in [0.05, 0.1) is 24.2 Å². The van der Waals surface area contributed by atoms with E-state index in [2.05, 4.69) is 6.92 Å². The topological polar surface area (TPSA) is 78.9 Å². The van der Waals surface area contributed by atoms with Gasteiger partial charge in [-0.15, -0.1) is 0 Å². The molecule has 0 spiro atoms. The van der Waals surface area contributed by atoms with Crippen LogP contribution in [0.3, 0.4) is 0 Å². The second kappa shape index (κ2) is 11.9. The summed E-state index contributed by atoms with van der Waals surface area (Å²) in [5.41, 5.74) is 1.28. The molecule has 2 aromatic rings. The van der Waals surface area contributed by atoms with Crippen molar-refractivity contribution in [1.29, 1.82) is 0 Å². The van der Waals surface area contributed by atoms with Crippen LogP contribution in [0.5, 0.6) is 0 Å². The van der Waals surface area contributed by atoms with E-state index in [4.69, 9.17) is 14.2 Å². The van der Waals surface area contributed by atoms with Crippen molar-refractivity contribution in [1.82, 2.24) is 0 Å². The highest BCUT2D eigenvalue weighted by Gasteiger charge is 2.61. The summed E-state index contributed by atoms with van der Waals surface area (Å²) in [4.78, 5) is 38.9. The third-order valence-corrected chi connectivity index (χ3v) is 11.8. The number of hydrogen-bond donors (Lipinski definition) is 0. The van der Waals surface area contributed by atoms with E-state index in [0.29, 0.717) is 34.8 Å². The molecule has 0 radical (unpaired) electrons. The first-order valence-corrected chi connectivity index (χ1v) is 15.9. The minimum absolute atomic E-state index is 0.0628. The zero-order chi connectivity index (χ0) is 29.4. The number of fused-ring (bicyclic) bond motifs is 5. The molecule has 0 N–H and O–H groups in total. The summed E-state index contributed by atoms with van der Waals surface area (Å²) >= 11 is 0. The lowest BCUT2D eigenvalue weighted by Gasteiger charge is -2.60. The van der Waals surface area contributed by atoms with Gasteiger partial charge in [0.15, 0.2) is 0 Å². The Morgan fingerprint density at radius 1 is 0.786 bits per heavy atom. The van der Waals surface area contributed by atoms with Crippen molar-refractivity contribution in [3.8, 4) is 0 Å². The van der Waals surface area contributed by atoms with Crippen molar-refractivity contribution < 1.29 is 28.6 Å². The van der Waals surface area contributed by atoms with Gasteiger partial charge in [0.25, 0.3) is 0 Å². The quantitative estimate of drug-likeness (QED) is 0.271. The highest BCUT2D eigenvalue weighted by molar-refractivity contribution is 5.90. The van der Waals surface area contributed by atoms with Gasteiger partial charge in [-0.05, 0) is 111 Å². The van der Waals surface area contributed by atoms with E-state index in [0.717, 1.165) is 51.4 Å². The molecular formula is C36H44O6. The fraction of sp³-hybridized carbons (Fsp3) is 0.583. The predicted octanol–water partition coefficient (Wildman–Crippen LogP) is 7.13. The van der Waals surface area contributed by atoms with Gasteiger partial charge in [0, 0.05) is 5.92 Å². The highest BCUT2D eigenvalue weighted by atomic mass is 16.5. The van der Waals surface area contributed by atoms with Crippen molar-refractivity contribution in [2.24, 2.45) is 46.8 Å². The maximum atomic E-state index is 13.4. The summed E-state index contributed by atoms with van der Waals surface area (Å²) in [6.07, 6.45) is 7.60. The maximum Gasteiger partial charge on any atom is 0.338 e. The van der Waals surface area contributed by atoms with Crippen molar-refractivity contribution in [2.75, 3.05) is 7.11 Å². The van der Waals surface area contributed by atoms with Crippen LogP contribution in [0, 0.1) is 46.8 Å². The molecule has 0 bridgehead atoms. The van der Waals surface area contributed by atoms with Gasteiger partial charge in [-0.2, -0.15) is 0 Å². The molecule has 4 aliphatic rings. The number of ether oxygens (including phenoxy) is 3. The molecule has 0 aromatic heterocycles. The molecule has 6 heteroatoms. The summed E-state index contributed by atoms with van der Waals surface area (Å²) in [5.74, 6) is 1.30. The molecule has 6 nitrogen and oxygen atoms in total. The highest BCUT2D eigenvalue weighted by Crippen LogP contribution is 2.65. The number of hydrogen-bond acceptors (Lipinski definition) is 6. The molecule has 224 valence electrons. The second-order valence-electron chi connectivity index (χ2n) is 13.6. The predicted molar refractivity (Wildman–Crippen MR) is 158 cm³/mol. The Kier molecular flexibility index (Phi) is 8.17. The molecule has 0 heterocycles. The molecular weight excluding hydrogens is 528 g/mol. The Balaban J connectivity index is 1.23. The maximum absolute atomic E-state index is 13.4. The van der Waals surface area contributed by atoms with E-state index in [1.807, 2.05) is 67.6 Å². The SMILES string of the molecule is COC(=O)C(C)C1CCC2C3CCC4C[C@H](OC(=O)c5ccccc5)CCC4(C)C3CC(OC(=O)c3ccccc3)C12. The summed E-state index contributed by atoms with van der Waals surface area (Å²) in [6, 6.07) is 18.5. The molecule has 0 amide bonds. The molecule has 9 unspecified atom stereocenters. The van der Waals surface area contributed by atoms with Crippen LogP contribution in [0.2, 0.25) is 0 Å². The van der Waals surface area contributed by atoms with Crippen molar-refractivity contribution in [3.05, 3.63) is 71.8 Å². The lowest BCUT2D eigenvalue weighted by Crippen LogP contribution is -2.56. The fourth-order valence-electron chi connectivity index (χ4n) is 9.65. The third-order valence-electron chi connectivity index (χ3n) is 11.8. The van der Waals surface area contributed by atoms with Crippen LogP contribution in [0.4, 0.5) is 0 Å². The van der Waals surface area contributed by atoms with E-state index < -0.39 is 0 Å². The van der Waals surface area contributed by atoms with Gasteiger partial charge < -0.3 is 14.2 Å². The average molecular weight is 573 g/mol. The normalized spacial score (nSPS) is 36.0. The molecule has 0 aliphatic heterocycles. The van der Waals surface area contributed by atoms with E-state index in [1.54, 1.807) is 0 Å². The van der Waals surface area contributed by atoms with Crippen molar-refractivity contribution in [2.45, 2.75) is 77.4 Å². The number of rotatable bonds is 6. The van der Waals surface area contributed by atoms with Gasteiger partial charge in [-0.25, -0.2) is 9.59 Å². The fourth-order valence-corrected chi connectivity index (χ4v) is 9.65. The van der Waals surface area contributed by atoms with Crippen LogP contribution in [0.25, 0.3) is 0 Å². The minimum Gasteiger partial charge on any atom is -0.469 e. The van der Waals surface area contributed by atoms with Crippen molar-refractivity contribution >= 4 is 17.9 Å². The number of carbonyl (C=O) groups excluding carboxylic acids is 3. The lowest BCUT2D eigenvalue weighted by molar-refractivity contribution is -0.155. The third kappa shape index (κ3) is 5.26. The number of methoxy groups -OCH3 is 1.